The Morgan fingerprint density at radius 3 is 1.09 bits per heavy atom. The standard InChI is InChI=1S/C45H74/c1-3-11-30(12-4-1)37-23-38(36-20-19-32-15-7-8-16-33(32)21-36)25-41(24-37)44-29-39(31-13-5-2-6-14-31)26-42-27-40-22-34-17-9-10-18-35(34)28-43(40)45(42)44/h30-45H,1-29H2. The molecule has 0 heteroatoms. The SMILES string of the molecule is C1CCC(C2CC(C3CCC4CCCCC4C3)CC(C3CC(C4CCCCC4)CC4CC5CC6CCCCC6CC5C43)C2)CC1. The number of hydrogen-bond donors (Lipinski definition) is 0. The van der Waals surface area contributed by atoms with Crippen LogP contribution in [0.2, 0.25) is 0 Å². The third-order valence-corrected chi connectivity index (χ3v) is 18.5. The summed E-state index contributed by atoms with van der Waals surface area (Å²) in [6, 6.07) is 0. The lowest BCUT2D eigenvalue weighted by Crippen LogP contribution is -2.45. The molecule has 14 atom stereocenters. The van der Waals surface area contributed by atoms with Crippen molar-refractivity contribution in [3.8, 4) is 0 Å². The Bertz CT molecular complexity index is 953. The minimum atomic E-state index is 1.11. The molecule has 0 heterocycles. The van der Waals surface area contributed by atoms with Crippen LogP contribution in [0.5, 0.6) is 0 Å². The number of fused-ring (bicyclic) bond motifs is 5. The molecule has 0 amide bonds. The Morgan fingerprint density at radius 1 is 0.178 bits per heavy atom. The van der Waals surface area contributed by atoms with E-state index in [1.807, 2.05) is 0 Å². The first-order chi connectivity index (χ1) is 22.3. The molecule has 0 radical (unpaired) electrons. The van der Waals surface area contributed by atoms with E-state index >= 15 is 0 Å². The molecule has 45 heavy (non-hydrogen) atoms. The van der Waals surface area contributed by atoms with Gasteiger partial charge in [-0.1, -0.05) is 116 Å². The molecular formula is C45H74. The fourth-order valence-corrected chi connectivity index (χ4v) is 16.6. The van der Waals surface area contributed by atoms with Crippen molar-refractivity contribution in [3.63, 3.8) is 0 Å². The Labute approximate surface area is 280 Å². The van der Waals surface area contributed by atoms with Gasteiger partial charge in [0.05, 0.1) is 0 Å². The largest absolute Gasteiger partial charge is 0.0533 e. The number of hydrogen-bond acceptors (Lipinski definition) is 0. The zero-order chi connectivity index (χ0) is 29.7. The molecule has 0 bridgehead atoms. The van der Waals surface area contributed by atoms with Crippen LogP contribution in [0.4, 0.5) is 0 Å². The van der Waals surface area contributed by atoms with Gasteiger partial charge in [0.15, 0.2) is 0 Å². The van der Waals surface area contributed by atoms with Gasteiger partial charge in [0.2, 0.25) is 0 Å². The maximum Gasteiger partial charge on any atom is -0.0323 e. The summed E-state index contributed by atoms with van der Waals surface area (Å²) < 4.78 is 0. The van der Waals surface area contributed by atoms with Crippen molar-refractivity contribution in [2.45, 2.75) is 186 Å². The van der Waals surface area contributed by atoms with Gasteiger partial charge in [-0.2, -0.15) is 0 Å². The zero-order valence-corrected chi connectivity index (χ0v) is 29.7. The smallest absolute Gasteiger partial charge is 0.0323 e. The van der Waals surface area contributed by atoms with Gasteiger partial charge in [-0.3, -0.25) is 0 Å². The fourth-order valence-electron chi connectivity index (χ4n) is 16.6. The second-order valence-electron chi connectivity index (χ2n) is 20.3. The van der Waals surface area contributed by atoms with E-state index in [0.29, 0.717) is 0 Å². The predicted molar refractivity (Wildman–Crippen MR) is 190 cm³/mol. The third-order valence-electron chi connectivity index (χ3n) is 18.5. The van der Waals surface area contributed by atoms with Crippen molar-refractivity contribution in [1.82, 2.24) is 0 Å². The first-order valence-electron chi connectivity index (χ1n) is 22.3. The second-order valence-corrected chi connectivity index (χ2v) is 20.3. The van der Waals surface area contributed by atoms with Gasteiger partial charge in [-0.15, -0.1) is 0 Å². The van der Waals surface area contributed by atoms with E-state index in [2.05, 4.69) is 0 Å². The summed E-state index contributed by atoms with van der Waals surface area (Å²) in [4.78, 5) is 0. The molecule has 9 fully saturated rings. The van der Waals surface area contributed by atoms with Crippen LogP contribution < -0.4 is 0 Å². The maximum absolute atomic E-state index is 1.70. The van der Waals surface area contributed by atoms with E-state index in [0.717, 1.165) is 94.7 Å². The molecule has 0 spiro atoms. The molecule has 0 aromatic rings. The highest BCUT2D eigenvalue weighted by atomic mass is 14.6. The topological polar surface area (TPSA) is 0 Å². The van der Waals surface area contributed by atoms with E-state index in [9.17, 15) is 0 Å². The first-order valence-corrected chi connectivity index (χ1v) is 22.3. The summed E-state index contributed by atoms with van der Waals surface area (Å²) in [5.74, 6) is 18.0. The van der Waals surface area contributed by atoms with Crippen molar-refractivity contribution in [2.24, 2.45) is 94.7 Å². The van der Waals surface area contributed by atoms with E-state index < -0.39 is 0 Å². The summed E-state index contributed by atoms with van der Waals surface area (Å²) in [5.41, 5.74) is 0. The second kappa shape index (κ2) is 13.7. The molecule has 9 aliphatic rings. The van der Waals surface area contributed by atoms with Crippen LogP contribution in [0.25, 0.3) is 0 Å². The molecule has 9 rings (SSSR count). The van der Waals surface area contributed by atoms with Crippen molar-refractivity contribution >= 4 is 0 Å². The molecule has 0 aromatic carbocycles. The first kappa shape index (κ1) is 31.0. The normalized spacial score (nSPS) is 51.5. The summed E-state index contributed by atoms with van der Waals surface area (Å²) >= 11 is 0. The molecule has 0 aliphatic heterocycles. The lowest BCUT2D eigenvalue weighted by Gasteiger charge is -2.53. The van der Waals surface area contributed by atoms with Gasteiger partial charge in [0, 0.05) is 0 Å². The van der Waals surface area contributed by atoms with Gasteiger partial charge >= 0.3 is 0 Å². The highest BCUT2D eigenvalue weighted by Gasteiger charge is 2.56. The summed E-state index contributed by atoms with van der Waals surface area (Å²) in [6.07, 6.45) is 46.8. The number of rotatable bonds is 4. The molecular weight excluding hydrogens is 540 g/mol. The van der Waals surface area contributed by atoms with E-state index in [1.165, 1.54) is 0 Å². The summed E-state index contributed by atoms with van der Waals surface area (Å²) in [7, 11) is 0. The molecule has 9 aliphatic carbocycles. The van der Waals surface area contributed by atoms with Gasteiger partial charge in [-0.25, -0.2) is 0 Å². The van der Waals surface area contributed by atoms with E-state index in [-0.39, 0.29) is 0 Å². The van der Waals surface area contributed by atoms with Crippen LogP contribution in [-0.2, 0) is 0 Å². The lowest BCUT2D eigenvalue weighted by atomic mass is 9.52. The highest BCUT2D eigenvalue weighted by Crippen LogP contribution is 2.64. The monoisotopic (exact) mass is 615 g/mol. The molecule has 14 unspecified atom stereocenters. The Kier molecular flexibility index (Phi) is 9.46. The Balaban J connectivity index is 1.00. The summed E-state index contributed by atoms with van der Waals surface area (Å²) in [5, 5.41) is 0. The van der Waals surface area contributed by atoms with Crippen molar-refractivity contribution in [2.75, 3.05) is 0 Å². The maximum atomic E-state index is 1.70. The minimum Gasteiger partial charge on any atom is -0.0533 e. The molecule has 0 aromatic heterocycles. The Morgan fingerprint density at radius 2 is 0.467 bits per heavy atom. The molecule has 0 nitrogen and oxygen atoms in total. The summed E-state index contributed by atoms with van der Waals surface area (Å²) in [6.45, 7) is 0. The van der Waals surface area contributed by atoms with Crippen molar-refractivity contribution in [1.29, 1.82) is 0 Å². The predicted octanol–water partition coefficient (Wildman–Crippen LogP) is 13.3. The highest BCUT2D eigenvalue weighted by molar-refractivity contribution is 5.05. The molecule has 0 saturated heterocycles. The van der Waals surface area contributed by atoms with Gasteiger partial charge in [-0.05, 0) is 165 Å². The van der Waals surface area contributed by atoms with Crippen LogP contribution in [-0.4, -0.2) is 0 Å². The Hall–Kier alpha value is 0. The molecule has 254 valence electrons. The van der Waals surface area contributed by atoms with Crippen molar-refractivity contribution in [3.05, 3.63) is 0 Å². The molecule has 9 saturated carbocycles. The quantitative estimate of drug-likeness (QED) is 0.295. The van der Waals surface area contributed by atoms with Gasteiger partial charge in [0.1, 0.15) is 0 Å². The van der Waals surface area contributed by atoms with Crippen LogP contribution in [0, 0.1) is 94.7 Å². The minimum absolute atomic E-state index is 1.11. The van der Waals surface area contributed by atoms with E-state index in [4.69, 9.17) is 0 Å². The van der Waals surface area contributed by atoms with Crippen LogP contribution >= 0.6 is 0 Å². The van der Waals surface area contributed by atoms with Crippen LogP contribution in [0.3, 0.4) is 0 Å². The zero-order valence-electron chi connectivity index (χ0n) is 29.7. The van der Waals surface area contributed by atoms with Gasteiger partial charge < -0.3 is 0 Å². The fraction of sp³-hybridized carbons (Fsp3) is 1.00. The average Bonchev–Trinajstić information content (AvgIpc) is 3.47. The molecule has 0 N–H and O–H groups in total. The third kappa shape index (κ3) is 6.30. The van der Waals surface area contributed by atoms with Crippen LogP contribution in [0.15, 0.2) is 0 Å². The van der Waals surface area contributed by atoms with Gasteiger partial charge in [0.25, 0.3) is 0 Å². The average molecular weight is 615 g/mol. The van der Waals surface area contributed by atoms with Crippen LogP contribution in [0.1, 0.15) is 186 Å². The lowest BCUT2D eigenvalue weighted by molar-refractivity contribution is -0.0369. The van der Waals surface area contributed by atoms with E-state index in [1.54, 1.807) is 186 Å². The van der Waals surface area contributed by atoms with Crippen molar-refractivity contribution < 1.29 is 0 Å².